The van der Waals surface area contributed by atoms with Crippen molar-refractivity contribution in [1.29, 1.82) is 0 Å². The van der Waals surface area contributed by atoms with Gasteiger partial charge >= 0.3 is 0 Å². The molecule has 1 amide bonds. The Morgan fingerprint density at radius 3 is 2.83 bits per heavy atom. The summed E-state index contributed by atoms with van der Waals surface area (Å²) in [5.41, 5.74) is -0.109. The number of nitrogens with zero attached hydrogens (tertiary/aromatic N) is 1. The van der Waals surface area contributed by atoms with Crippen LogP contribution in [0.5, 0.6) is 0 Å². The first-order valence-corrected chi connectivity index (χ1v) is 5.88. The van der Waals surface area contributed by atoms with Gasteiger partial charge in [-0.15, -0.1) is 0 Å². The molecule has 0 spiro atoms. The SMILES string of the molecule is CC1CC(=O)N(CC(O)c2cccc(F)c2F)C1. The third kappa shape index (κ3) is 2.51. The van der Waals surface area contributed by atoms with Crippen LogP contribution in [0.2, 0.25) is 0 Å². The number of hydrogen-bond acceptors (Lipinski definition) is 2. The van der Waals surface area contributed by atoms with E-state index in [1.54, 1.807) is 0 Å². The van der Waals surface area contributed by atoms with Crippen molar-refractivity contribution in [3.05, 3.63) is 35.4 Å². The molecule has 1 N–H and O–H groups in total. The van der Waals surface area contributed by atoms with Crippen molar-refractivity contribution in [1.82, 2.24) is 4.90 Å². The highest BCUT2D eigenvalue weighted by molar-refractivity contribution is 5.78. The van der Waals surface area contributed by atoms with Gasteiger partial charge in [-0.3, -0.25) is 4.79 Å². The fourth-order valence-corrected chi connectivity index (χ4v) is 2.23. The zero-order chi connectivity index (χ0) is 13.3. The quantitative estimate of drug-likeness (QED) is 0.895. The van der Waals surface area contributed by atoms with Crippen LogP contribution in [0.25, 0.3) is 0 Å². The third-order valence-electron chi connectivity index (χ3n) is 3.14. The summed E-state index contributed by atoms with van der Waals surface area (Å²) in [6, 6.07) is 3.66. The number of carbonyl (C=O) groups excluding carboxylic acids is 1. The van der Waals surface area contributed by atoms with Crippen molar-refractivity contribution >= 4 is 5.91 Å². The molecule has 1 fully saturated rings. The second kappa shape index (κ2) is 5.02. The van der Waals surface area contributed by atoms with Crippen molar-refractivity contribution in [3.8, 4) is 0 Å². The van der Waals surface area contributed by atoms with Crippen LogP contribution in [-0.2, 0) is 4.79 Å². The molecule has 0 saturated carbocycles. The fraction of sp³-hybridized carbons (Fsp3) is 0.462. The van der Waals surface area contributed by atoms with Crippen LogP contribution in [-0.4, -0.2) is 29.0 Å². The van der Waals surface area contributed by atoms with Crippen molar-refractivity contribution in [3.63, 3.8) is 0 Å². The van der Waals surface area contributed by atoms with Crippen molar-refractivity contribution in [2.24, 2.45) is 5.92 Å². The monoisotopic (exact) mass is 255 g/mol. The minimum absolute atomic E-state index is 0.00352. The average molecular weight is 255 g/mol. The molecule has 0 aromatic heterocycles. The van der Waals surface area contributed by atoms with Crippen LogP contribution in [0.15, 0.2) is 18.2 Å². The van der Waals surface area contributed by atoms with E-state index in [2.05, 4.69) is 0 Å². The summed E-state index contributed by atoms with van der Waals surface area (Å²) in [5.74, 6) is -1.86. The van der Waals surface area contributed by atoms with Gasteiger partial charge in [0.1, 0.15) is 0 Å². The molecule has 1 heterocycles. The summed E-state index contributed by atoms with van der Waals surface area (Å²) in [6.45, 7) is 2.49. The van der Waals surface area contributed by atoms with E-state index in [-0.39, 0.29) is 23.9 Å². The Morgan fingerprint density at radius 1 is 1.50 bits per heavy atom. The third-order valence-corrected chi connectivity index (χ3v) is 3.14. The maximum Gasteiger partial charge on any atom is 0.223 e. The lowest BCUT2D eigenvalue weighted by molar-refractivity contribution is -0.129. The number of aliphatic hydroxyl groups excluding tert-OH is 1. The Morgan fingerprint density at radius 2 is 2.22 bits per heavy atom. The molecule has 2 unspecified atom stereocenters. The van der Waals surface area contributed by atoms with Gasteiger partial charge in [0.2, 0.25) is 5.91 Å². The maximum absolute atomic E-state index is 13.5. The first-order valence-electron chi connectivity index (χ1n) is 5.88. The minimum atomic E-state index is -1.20. The number of hydrogen-bond donors (Lipinski definition) is 1. The number of β-amino-alcohol motifs (C(OH)–C–C–N with tert-alkyl or cyclic N) is 1. The van der Waals surface area contributed by atoms with Gasteiger partial charge in [-0.25, -0.2) is 8.78 Å². The standard InChI is InChI=1S/C13H15F2NO2/c1-8-5-12(18)16(6-8)7-11(17)9-3-2-4-10(14)13(9)15/h2-4,8,11,17H,5-7H2,1H3. The second-order valence-corrected chi connectivity index (χ2v) is 4.77. The summed E-state index contributed by atoms with van der Waals surface area (Å²) < 4.78 is 26.5. The van der Waals surface area contributed by atoms with Gasteiger partial charge in [0.15, 0.2) is 11.6 Å². The average Bonchev–Trinajstić information content (AvgIpc) is 2.61. The predicted octanol–water partition coefficient (Wildman–Crippen LogP) is 1.87. The van der Waals surface area contributed by atoms with Crippen LogP contribution in [0.3, 0.4) is 0 Å². The first kappa shape index (κ1) is 13.0. The molecular formula is C13H15F2NO2. The number of aliphatic hydroxyl groups is 1. The molecule has 2 rings (SSSR count). The van der Waals surface area contributed by atoms with E-state index in [9.17, 15) is 18.7 Å². The molecule has 1 aromatic carbocycles. The molecule has 18 heavy (non-hydrogen) atoms. The minimum Gasteiger partial charge on any atom is -0.386 e. The number of amides is 1. The highest BCUT2D eigenvalue weighted by atomic mass is 19.2. The highest BCUT2D eigenvalue weighted by Crippen LogP contribution is 2.23. The smallest absolute Gasteiger partial charge is 0.223 e. The summed E-state index contributed by atoms with van der Waals surface area (Å²) in [4.78, 5) is 13.0. The first-order chi connectivity index (χ1) is 8.49. The van der Waals surface area contributed by atoms with Crippen LogP contribution in [0, 0.1) is 17.6 Å². The number of likely N-dealkylation sites (tertiary alicyclic amines) is 1. The Bertz CT molecular complexity index is 464. The molecule has 98 valence electrons. The van der Waals surface area contributed by atoms with Crippen molar-refractivity contribution in [2.45, 2.75) is 19.4 Å². The molecular weight excluding hydrogens is 240 g/mol. The number of rotatable bonds is 3. The maximum atomic E-state index is 13.5. The molecule has 0 bridgehead atoms. The molecule has 1 aliphatic heterocycles. The molecule has 1 aromatic rings. The summed E-state index contributed by atoms with van der Waals surface area (Å²) in [7, 11) is 0. The number of carbonyl (C=O) groups is 1. The highest BCUT2D eigenvalue weighted by Gasteiger charge is 2.29. The van der Waals surface area contributed by atoms with Gasteiger partial charge in [-0.05, 0) is 12.0 Å². The topological polar surface area (TPSA) is 40.5 Å². The molecule has 1 saturated heterocycles. The van der Waals surface area contributed by atoms with Gasteiger partial charge < -0.3 is 10.0 Å². The number of halogens is 2. The molecule has 1 aliphatic rings. The molecule has 0 radical (unpaired) electrons. The van der Waals surface area contributed by atoms with Crippen LogP contribution < -0.4 is 0 Å². The van der Waals surface area contributed by atoms with E-state index in [0.717, 1.165) is 6.07 Å². The van der Waals surface area contributed by atoms with Crippen LogP contribution in [0.4, 0.5) is 8.78 Å². The summed E-state index contributed by atoms with van der Waals surface area (Å²) in [6.07, 6.45) is -0.756. The summed E-state index contributed by atoms with van der Waals surface area (Å²) >= 11 is 0. The Hall–Kier alpha value is -1.49. The fourth-order valence-electron chi connectivity index (χ4n) is 2.23. The summed E-state index contributed by atoms with van der Waals surface area (Å²) in [5, 5.41) is 9.89. The predicted molar refractivity (Wildman–Crippen MR) is 61.7 cm³/mol. The van der Waals surface area contributed by atoms with E-state index < -0.39 is 17.7 Å². The Balaban J connectivity index is 2.10. The largest absolute Gasteiger partial charge is 0.386 e. The van der Waals surface area contributed by atoms with Gasteiger partial charge in [0.05, 0.1) is 12.6 Å². The lowest BCUT2D eigenvalue weighted by Gasteiger charge is -2.20. The van der Waals surface area contributed by atoms with E-state index in [4.69, 9.17) is 0 Å². The Labute approximate surface area is 104 Å². The van der Waals surface area contributed by atoms with Gasteiger partial charge in [-0.1, -0.05) is 19.1 Å². The van der Waals surface area contributed by atoms with Crippen LogP contribution >= 0.6 is 0 Å². The lowest BCUT2D eigenvalue weighted by atomic mass is 10.1. The zero-order valence-electron chi connectivity index (χ0n) is 10.1. The zero-order valence-corrected chi connectivity index (χ0v) is 10.1. The van der Waals surface area contributed by atoms with Crippen LogP contribution in [0.1, 0.15) is 25.0 Å². The van der Waals surface area contributed by atoms with Gasteiger partial charge in [-0.2, -0.15) is 0 Å². The van der Waals surface area contributed by atoms with E-state index >= 15 is 0 Å². The van der Waals surface area contributed by atoms with Gasteiger partial charge in [0, 0.05) is 18.5 Å². The van der Waals surface area contributed by atoms with E-state index in [1.165, 1.54) is 17.0 Å². The lowest BCUT2D eigenvalue weighted by Crippen LogP contribution is -2.30. The van der Waals surface area contributed by atoms with Crippen molar-refractivity contribution < 1.29 is 18.7 Å². The van der Waals surface area contributed by atoms with Crippen molar-refractivity contribution in [2.75, 3.05) is 13.1 Å². The normalized spacial score (nSPS) is 21.4. The Kier molecular flexibility index (Phi) is 3.61. The number of benzene rings is 1. The molecule has 0 aliphatic carbocycles. The van der Waals surface area contributed by atoms with Gasteiger partial charge in [0.25, 0.3) is 0 Å². The molecule has 3 nitrogen and oxygen atoms in total. The van der Waals surface area contributed by atoms with E-state index in [1.807, 2.05) is 6.92 Å². The molecule has 2 atom stereocenters. The van der Waals surface area contributed by atoms with E-state index in [0.29, 0.717) is 13.0 Å². The molecule has 5 heteroatoms. The second-order valence-electron chi connectivity index (χ2n) is 4.77.